The topological polar surface area (TPSA) is 25.8 Å². The maximum atomic E-state index is 4.89. The van der Waals surface area contributed by atoms with E-state index in [4.69, 9.17) is 4.98 Å². The molecule has 0 radical (unpaired) electrons. The van der Waals surface area contributed by atoms with Gasteiger partial charge in [0, 0.05) is 12.1 Å². The van der Waals surface area contributed by atoms with E-state index >= 15 is 0 Å². The molecule has 0 N–H and O–H groups in total. The lowest BCUT2D eigenvalue weighted by Gasteiger charge is -2.40. The van der Waals surface area contributed by atoms with Crippen LogP contribution in [-0.4, -0.2) is 9.97 Å². The van der Waals surface area contributed by atoms with Gasteiger partial charge in [0.25, 0.3) is 0 Å². The molecule has 0 saturated heterocycles. The quantitative estimate of drug-likeness (QED) is 0.719. The van der Waals surface area contributed by atoms with E-state index in [9.17, 15) is 0 Å². The smallest absolute Gasteiger partial charge is 0.0890 e. The summed E-state index contributed by atoms with van der Waals surface area (Å²) in [6, 6.07) is 6.27. The van der Waals surface area contributed by atoms with Crippen molar-refractivity contribution in [1.82, 2.24) is 9.97 Å². The molecule has 2 heteroatoms. The van der Waals surface area contributed by atoms with Gasteiger partial charge in [0.1, 0.15) is 0 Å². The zero-order valence-electron chi connectivity index (χ0n) is 13.8. The van der Waals surface area contributed by atoms with Gasteiger partial charge in [-0.15, -0.1) is 0 Å². The van der Waals surface area contributed by atoms with Gasteiger partial charge in [0.15, 0.2) is 0 Å². The van der Waals surface area contributed by atoms with Gasteiger partial charge in [-0.1, -0.05) is 47.6 Å². The van der Waals surface area contributed by atoms with Crippen molar-refractivity contribution in [2.24, 2.45) is 10.8 Å². The minimum absolute atomic E-state index is 0.158. The van der Waals surface area contributed by atoms with Crippen molar-refractivity contribution in [1.29, 1.82) is 0 Å². The third-order valence-corrected chi connectivity index (χ3v) is 3.74. The lowest BCUT2D eigenvalue weighted by atomic mass is 9.65. The molecule has 0 amide bonds. The Labute approximate surface area is 122 Å². The Bertz CT molecular complexity index is 601. The summed E-state index contributed by atoms with van der Waals surface area (Å²) in [5, 5.41) is 0. The van der Waals surface area contributed by atoms with Gasteiger partial charge in [0.05, 0.1) is 16.7 Å². The maximum Gasteiger partial charge on any atom is 0.0890 e. The van der Waals surface area contributed by atoms with Crippen molar-refractivity contribution in [3.8, 4) is 0 Å². The van der Waals surface area contributed by atoms with Gasteiger partial charge in [0.2, 0.25) is 0 Å². The van der Waals surface area contributed by atoms with E-state index in [-0.39, 0.29) is 10.8 Å². The molecule has 108 valence electrons. The molecule has 1 aromatic carbocycles. The van der Waals surface area contributed by atoms with Crippen LogP contribution in [0, 0.1) is 17.8 Å². The van der Waals surface area contributed by atoms with E-state index in [0.29, 0.717) is 5.92 Å². The van der Waals surface area contributed by atoms with Crippen molar-refractivity contribution in [3.63, 3.8) is 0 Å². The molecule has 20 heavy (non-hydrogen) atoms. The second-order valence-corrected chi connectivity index (χ2v) is 7.95. The fourth-order valence-electron chi connectivity index (χ4n) is 3.46. The number of aromatic nitrogens is 2. The third kappa shape index (κ3) is 3.00. The van der Waals surface area contributed by atoms with Crippen molar-refractivity contribution in [3.05, 3.63) is 35.7 Å². The summed E-state index contributed by atoms with van der Waals surface area (Å²) in [4.78, 5) is 9.51. The number of aryl methyl sites for hydroxylation is 1. The number of hydrogen-bond acceptors (Lipinski definition) is 2. The lowest BCUT2D eigenvalue weighted by molar-refractivity contribution is 0.172. The highest BCUT2D eigenvalue weighted by atomic mass is 14.8. The first kappa shape index (κ1) is 15.0. The second-order valence-electron chi connectivity index (χ2n) is 7.95. The van der Waals surface area contributed by atoms with Crippen LogP contribution in [0.4, 0.5) is 0 Å². The van der Waals surface area contributed by atoms with E-state index in [1.807, 2.05) is 6.20 Å². The molecule has 0 aliphatic carbocycles. The minimum atomic E-state index is 0.158. The van der Waals surface area contributed by atoms with Crippen LogP contribution < -0.4 is 0 Å². The van der Waals surface area contributed by atoms with Gasteiger partial charge < -0.3 is 0 Å². The van der Waals surface area contributed by atoms with Gasteiger partial charge in [-0.25, -0.2) is 4.98 Å². The Morgan fingerprint density at radius 2 is 1.50 bits per heavy atom. The standard InChI is InChI=1S/C18H26N2/c1-12-8-9-13-14(10-12)19-11-15(20-13)16(17(2,3)4)18(5,6)7/h8-11,16H,1-7H3. The minimum Gasteiger partial charge on any atom is -0.253 e. The molecule has 2 rings (SSSR count). The molecule has 0 atom stereocenters. The number of nitrogens with zero attached hydrogens (tertiary/aromatic N) is 2. The third-order valence-electron chi connectivity index (χ3n) is 3.74. The van der Waals surface area contributed by atoms with E-state index in [2.05, 4.69) is 71.6 Å². The number of rotatable bonds is 1. The molecule has 1 heterocycles. The SMILES string of the molecule is Cc1ccc2nc(C(C(C)(C)C)C(C)(C)C)cnc2c1. The van der Waals surface area contributed by atoms with Crippen LogP contribution >= 0.6 is 0 Å². The van der Waals surface area contributed by atoms with Gasteiger partial charge in [-0.05, 0) is 35.4 Å². The average Bonchev–Trinajstić information content (AvgIpc) is 2.25. The van der Waals surface area contributed by atoms with Crippen LogP contribution in [0.15, 0.2) is 24.4 Å². The molecule has 0 spiro atoms. The Morgan fingerprint density at radius 3 is 2.05 bits per heavy atom. The fraction of sp³-hybridized carbons (Fsp3) is 0.556. The van der Waals surface area contributed by atoms with Crippen LogP contribution in [0.2, 0.25) is 0 Å². The highest BCUT2D eigenvalue weighted by Crippen LogP contribution is 2.46. The highest BCUT2D eigenvalue weighted by Gasteiger charge is 2.37. The van der Waals surface area contributed by atoms with Crippen LogP contribution in [0.5, 0.6) is 0 Å². The predicted octanol–water partition coefficient (Wildman–Crippen LogP) is 5.11. The van der Waals surface area contributed by atoms with E-state index in [1.54, 1.807) is 0 Å². The Morgan fingerprint density at radius 1 is 0.900 bits per heavy atom. The molecule has 2 aromatic rings. The summed E-state index contributed by atoms with van der Waals surface area (Å²) < 4.78 is 0. The highest BCUT2D eigenvalue weighted by molar-refractivity contribution is 5.74. The summed E-state index contributed by atoms with van der Waals surface area (Å²) in [6.07, 6.45) is 1.96. The predicted molar refractivity (Wildman–Crippen MR) is 85.9 cm³/mol. The molecular formula is C18H26N2. The van der Waals surface area contributed by atoms with Crippen LogP contribution in [0.3, 0.4) is 0 Å². The molecule has 0 saturated carbocycles. The Balaban J connectivity index is 2.58. The number of fused-ring (bicyclic) bond motifs is 1. The lowest BCUT2D eigenvalue weighted by Crippen LogP contribution is -2.31. The summed E-state index contributed by atoms with van der Waals surface area (Å²) in [5.41, 5.74) is 4.61. The van der Waals surface area contributed by atoms with E-state index in [0.717, 1.165) is 16.7 Å². The van der Waals surface area contributed by atoms with Crippen LogP contribution in [-0.2, 0) is 0 Å². The van der Waals surface area contributed by atoms with E-state index in [1.165, 1.54) is 5.56 Å². The monoisotopic (exact) mass is 270 g/mol. The summed E-state index contributed by atoms with van der Waals surface area (Å²) in [5.74, 6) is 0.369. The van der Waals surface area contributed by atoms with Crippen molar-refractivity contribution < 1.29 is 0 Å². The van der Waals surface area contributed by atoms with Crippen molar-refractivity contribution in [2.45, 2.75) is 54.4 Å². The Hall–Kier alpha value is -1.44. The molecule has 0 aliphatic rings. The van der Waals surface area contributed by atoms with Gasteiger partial charge >= 0.3 is 0 Å². The Kier molecular flexibility index (Phi) is 3.62. The van der Waals surface area contributed by atoms with Gasteiger partial charge in [-0.3, -0.25) is 4.98 Å². The van der Waals surface area contributed by atoms with E-state index < -0.39 is 0 Å². The van der Waals surface area contributed by atoms with Crippen LogP contribution in [0.1, 0.15) is 58.7 Å². The zero-order chi connectivity index (χ0) is 15.1. The largest absolute Gasteiger partial charge is 0.253 e. The molecule has 0 fully saturated rings. The molecule has 2 nitrogen and oxygen atoms in total. The second kappa shape index (κ2) is 4.83. The summed E-state index contributed by atoms with van der Waals surface area (Å²) >= 11 is 0. The van der Waals surface area contributed by atoms with Crippen LogP contribution in [0.25, 0.3) is 11.0 Å². The molecule has 0 aliphatic heterocycles. The fourth-order valence-corrected chi connectivity index (χ4v) is 3.46. The number of benzene rings is 1. The molecular weight excluding hydrogens is 244 g/mol. The summed E-state index contributed by atoms with van der Waals surface area (Å²) in [7, 11) is 0. The zero-order valence-corrected chi connectivity index (χ0v) is 13.8. The maximum absolute atomic E-state index is 4.89. The molecule has 0 bridgehead atoms. The molecule has 0 unspecified atom stereocenters. The number of hydrogen-bond donors (Lipinski definition) is 0. The van der Waals surface area contributed by atoms with Crippen molar-refractivity contribution in [2.75, 3.05) is 0 Å². The summed E-state index contributed by atoms with van der Waals surface area (Å²) in [6.45, 7) is 15.8. The normalized spacial score (nSPS) is 13.2. The van der Waals surface area contributed by atoms with Gasteiger partial charge in [-0.2, -0.15) is 0 Å². The molecule has 1 aromatic heterocycles. The average molecular weight is 270 g/mol. The first-order chi connectivity index (χ1) is 9.09. The van der Waals surface area contributed by atoms with Crippen molar-refractivity contribution >= 4 is 11.0 Å². The first-order valence-electron chi connectivity index (χ1n) is 7.32. The first-order valence-corrected chi connectivity index (χ1v) is 7.32.